The maximum atomic E-state index is 9.82. The maximum Gasteiger partial charge on any atom is 0.0693 e. The van der Waals surface area contributed by atoms with E-state index in [2.05, 4.69) is 17.5 Å². The molecular weight excluding hydrogens is 186 g/mol. The molecule has 0 amide bonds. The Kier molecular flexibility index (Phi) is 4.21. The van der Waals surface area contributed by atoms with Gasteiger partial charge in [0.1, 0.15) is 0 Å². The largest absolute Gasteiger partial charge is 0.392 e. The highest BCUT2D eigenvalue weighted by molar-refractivity contribution is 4.91. The fourth-order valence-corrected chi connectivity index (χ4v) is 2.71. The topological polar surface area (TPSA) is 32.3 Å². The lowest BCUT2D eigenvalue weighted by Gasteiger charge is -2.30. The summed E-state index contributed by atoms with van der Waals surface area (Å²) in [6.45, 7) is 1.09. The fraction of sp³-hybridized carbons (Fsp3) is 0.846. The van der Waals surface area contributed by atoms with Crippen LogP contribution in [0.15, 0.2) is 12.2 Å². The Morgan fingerprint density at radius 3 is 2.73 bits per heavy atom. The predicted octanol–water partition coefficient (Wildman–Crippen LogP) is 2.24. The third-order valence-electron chi connectivity index (χ3n) is 3.78. The Morgan fingerprint density at radius 1 is 1.13 bits per heavy atom. The molecule has 2 heteroatoms. The minimum Gasteiger partial charge on any atom is -0.392 e. The normalized spacial score (nSPS) is 36.7. The Balaban J connectivity index is 1.69. The summed E-state index contributed by atoms with van der Waals surface area (Å²) in [5.41, 5.74) is 0. The molecule has 86 valence electrons. The first-order chi connectivity index (χ1) is 7.36. The van der Waals surface area contributed by atoms with E-state index in [4.69, 9.17) is 0 Å². The molecule has 1 unspecified atom stereocenters. The van der Waals surface area contributed by atoms with E-state index in [1.807, 2.05) is 0 Å². The van der Waals surface area contributed by atoms with Crippen molar-refractivity contribution in [2.24, 2.45) is 5.92 Å². The van der Waals surface area contributed by atoms with Gasteiger partial charge < -0.3 is 10.4 Å². The van der Waals surface area contributed by atoms with Crippen molar-refractivity contribution in [1.29, 1.82) is 0 Å². The molecule has 2 aliphatic rings. The minimum absolute atomic E-state index is 0.0992. The van der Waals surface area contributed by atoms with Crippen LogP contribution >= 0.6 is 0 Å². The van der Waals surface area contributed by atoms with E-state index in [-0.39, 0.29) is 6.10 Å². The number of hydrogen-bond donors (Lipinski definition) is 2. The number of aliphatic hydroxyl groups is 1. The molecule has 2 aliphatic carbocycles. The lowest BCUT2D eigenvalue weighted by molar-refractivity contribution is 0.0886. The predicted molar refractivity (Wildman–Crippen MR) is 62.7 cm³/mol. The Hall–Kier alpha value is -0.340. The molecule has 0 aromatic heterocycles. The summed E-state index contributed by atoms with van der Waals surface area (Å²) in [6.07, 6.45) is 12.9. The van der Waals surface area contributed by atoms with E-state index in [0.717, 1.165) is 25.3 Å². The zero-order valence-corrected chi connectivity index (χ0v) is 9.49. The zero-order valence-electron chi connectivity index (χ0n) is 9.49. The average molecular weight is 209 g/mol. The minimum atomic E-state index is -0.0992. The van der Waals surface area contributed by atoms with Crippen LogP contribution in [-0.2, 0) is 0 Å². The van der Waals surface area contributed by atoms with Crippen LogP contribution in [-0.4, -0.2) is 23.8 Å². The molecule has 0 aliphatic heterocycles. The molecule has 1 fully saturated rings. The van der Waals surface area contributed by atoms with Crippen molar-refractivity contribution in [3.8, 4) is 0 Å². The van der Waals surface area contributed by atoms with Gasteiger partial charge in [-0.3, -0.25) is 0 Å². The molecule has 0 saturated heterocycles. The van der Waals surface area contributed by atoms with Crippen molar-refractivity contribution in [2.45, 2.75) is 57.1 Å². The molecular formula is C13H23NO. The summed E-state index contributed by atoms with van der Waals surface area (Å²) in [4.78, 5) is 0. The quantitative estimate of drug-likeness (QED) is 0.699. The van der Waals surface area contributed by atoms with Crippen molar-refractivity contribution >= 4 is 0 Å². The van der Waals surface area contributed by atoms with Crippen molar-refractivity contribution in [3.05, 3.63) is 12.2 Å². The highest BCUT2D eigenvalue weighted by Crippen LogP contribution is 2.21. The molecule has 0 aromatic rings. The molecule has 2 nitrogen and oxygen atoms in total. The molecule has 0 radical (unpaired) electrons. The summed E-state index contributed by atoms with van der Waals surface area (Å²) < 4.78 is 0. The zero-order chi connectivity index (χ0) is 10.5. The van der Waals surface area contributed by atoms with Gasteiger partial charge in [0.05, 0.1) is 6.10 Å². The number of aliphatic hydroxyl groups excluding tert-OH is 1. The molecule has 0 spiro atoms. The second-order valence-electron chi connectivity index (χ2n) is 5.02. The number of hydrogen-bond acceptors (Lipinski definition) is 2. The van der Waals surface area contributed by atoms with E-state index in [0.29, 0.717) is 6.04 Å². The van der Waals surface area contributed by atoms with Gasteiger partial charge in [-0.05, 0) is 44.6 Å². The second-order valence-corrected chi connectivity index (χ2v) is 5.02. The van der Waals surface area contributed by atoms with Crippen LogP contribution in [0, 0.1) is 5.92 Å². The number of rotatable bonds is 3. The molecule has 0 bridgehead atoms. The van der Waals surface area contributed by atoms with E-state index in [1.54, 1.807) is 0 Å². The van der Waals surface area contributed by atoms with Crippen LogP contribution in [0.25, 0.3) is 0 Å². The van der Waals surface area contributed by atoms with E-state index < -0.39 is 0 Å². The first-order valence-corrected chi connectivity index (χ1v) is 6.42. The van der Waals surface area contributed by atoms with Gasteiger partial charge in [0.2, 0.25) is 0 Å². The summed E-state index contributed by atoms with van der Waals surface area (Å²) in [5.74, 6) is 0.795. The van der Waals surface area contributed by atoms with Crippen LogP contribution < -0.4 is 5.32 Å². The van der Waals surface area contributed by atoms with Crippen molar-refractivity contribution < 1.29 is 5.11 Å². The highest BCUT2D eigenvalue weighted by atomic mass is 16.3. The lowest BCUT2D eigenvalue weighted by Crippen LogP contribution is -2.44. The molecule has 3 atom stereocenters. The van der Waals surface area contributed by atoms with Gasteiger partial charge in [0.15, 0.2) is 0 Å². The monoisotopic (exact) mass is 209 g/mol. The standard InChI is InChI=1S/C13H23NO/c15-13-9-5-4-8-12(13)14-10-11-6-2-1-3-7-11/h1-2,11-15H,3-10H2/t11?,12-,13-/m1/s1. The molecule has 2 N–H and O–H groups in total. The van der Waals surface area contributed by atoms with Gasteiger partial charge >= 0.3 is 0 Å². The highest BCUT2D eigenvalue weighted by Gasteiger charge is 2.23. The fourth-order valence-electron chi connectivity index (χ4n) is 2.71. The third kappa shape index (κ3) is 3.32. The molecule has 0 aromatic carbocycles. The Labute approximate surface area is 92.8 Å². The first-order valence-electron chi connectivity index (χ1n) is 6.42. The summed E-state index contributed by atoms with van der Waals surface area (Å²) in [7, 11) is 0. The van der Waals surface area contributed by atoms with Gasteiger partial charge in [-0.15, -0.1) is 0 Å². The van der Waals surface area contributed by atoms with Gasteiger partial charge in [-0.1, -0.05) is 25.0 Å². The van der Waals surface area contributed by atoms with Gasteiger partial charge in [0.25, 0.3) is 0 Å². The van der Waals surface area contributed by atoms with Crippen LogP contribution in [0.5, 0.6) is 0 Å². The van der Waals surface area contributed by atoms with Gasteiger partial charge in [-0.2, -0.15) is 0 Å². The first kappa shape index (κ1) is 11.2. The number of nitrogens with one attached hydrogen (secondary N) is 1. The second kappa shape index (κ2) is 5.66. The SMILES string of the molecule is O[C@@H]1CCCC[C@H]1NCC1CC=CCC1. The van der Waals surface area contributed by atoms with E-state index in [1.165, 1.54) is 32.1 Å². The summed E-state index contributed by atoms with van der Waals surface area (Å²) in [5, 5.41) is 13.4. The Bertz CT molecular complexity index is 215. The van der Waals surface area contributed by atoms with Crippen LogP contribution in [0.4, 0.5) is 0 Å². The summed E-state index contributed by atoms with van der Waals surface area (Å²) in [6, 6.07) is 0.365. The summed E-state index contributed by atoms with van der Waals surface area (Å²) >= 11 is 0. The number of allylic oxidation sites excluding steroid dienone is 2. The van der Waals surface area contributed by atoms with Crippen LogP contribution in [0.1, 0.15) is 44.9 Å². The molecule has 1 saturated carbocycles. The van der Waals surface area contributed by atoms with Gasteiger partial charge in [-0.25, -0.2) is 0 Å². The maximum absolute atomic E-state index is 9.82. The van der Waals surface area contributed by atoms with Crippen molar-refractivity contribution in [1.82, 2.24) is 5.32 Å². The smallest absolute Gasteiger partial charge is 0.0693 e. The van der Waals surface area contributed by atoms with Crippen LogP contribution in [0.3, 0.4) is 0 Å². The van der Waals surface area contributed by atoms with Crippen molar-refractivity contribution in [2.75, 3.05) is 6.54 Å². The van der Waals surface area contributed by atoms with Crippen molar-refractivity contribution in [3.63, 3.8) is 0 Å². The average Bonchev–Trinajstić information content (AvgIpc) is 2.29. The third-order valence-corrected chi connectivity index (χ3v) is 3.78. The molecule has 15 heavy (non-hydrogen) atoms. The Morgan fingerprint density at radius 2 is 2.00 bits per heavy atom. The van der Waals surface area contributed by atoms with E-state index >= 15 is 0 Å². The van der Waals surface area contributed by atoms with Gasteiger partial charge in [0, 0.05) is 6.04 Å². The molecule has 0 heterocycles. The van der Waals surface area contributed by atoms with E-state index in [9.17, 15) is 5.11 Å². The lowest BCUT2D eigenvalue weighted by atomic mass is 9.90. The molecule has 2 rings (SSSR count). The van der Waals surface area contributed by atoms with Crippen LogP contribution in [0.2, 0.25) is 0 Å².